The molecule has 3 heteroatoms. The Morgan fingerprint density at radius 3 is 1.80 bits per heavy atom. The van der Waals surface area contributed by atoms with Gasteiger partial charge in [-0.3, -0.25) is 9.97 Å². The minimum absolute atomic E-state index is 1.05. The van der Waals surface area contributed by atoms with E-state index < -0.39 is 0 Å². The van der Waals surface area contributed by atoms with Gasteiger partial charge in [0.25, 0.3) is 0 Å². The van der Waals surface area contributed by atoms with Gasteiger partial charge < -0.3 is 4.90 Å². The molecule has 0 saturated heterocycles. The highest BCUT2D eigenvalue weighted by Gasteiger charge is 2.16. The van der Waals surface area contributed by atoms with Gasteiger partial charge in [0.05, 0.1) is 5.52 Å². The van der Waals surface area contributed by atoms with Gasteiger partial charge in [-0.05, 0) is 86.6 Å². The second-order valence-corrected chi connectivity index (χ2v) is 10.3. The predicted molar refractivity (Wildman–Crippen MR) is 172 cm³/mol. The molecule has 2 heterocycles. The van der Waals surface area contributed by atoms with Crippen LogP contribution in [-0.2, 0) is 0 Å². The highest BCUT2D eigenvalue weighted by molar-refractivity contribution is 6.32. The van der Waals surface area contributed by atoms with Gasteiger partial charge in [0.2, 0.25) is 0 Å². The molecule has 0 atom stereocenters. The maximum Gasteiger partial charge on any atom is 0.0786 e. The van der Waals surface area contributed by atoms with Crippen molar-refractivity contribution in [1.82, 2.24) is 9.97 Å². The van der Waals surface area contributed by atoms with E-state index in [4.69, 9.17) is 4.98 Å². The van der Waals surface area contributed by atoms with Gasteiger partial charge in [-0.25, -0.2) is 0 Å². The quantitative estimate of drug-likeness (QED) is 0.215. The van der Waals surface area contributed by atoms with Gasteiger partial charge in [-0.2, -0.15) is 0 Å². The Hall–Kier alpha value is -5.54. The van der Waals surface area contributed by atoms with E-state index in [2.05, 4.69) is 119 Å². The molecule has 0 N–H and O–H groups in total. The maximum atomic E-state index is 4.81. The lowest BCUT2D eigenvalue weighted by Crippen LogP contribution is -2.09. The Kier molecular flexibility index (Phi) is 5.46. The fraction of sp³-hybridized carbons (Fsp3) is 0. The van der Waals surface area contributed by atoms with Crippen molar-refractivity contribution in [3.05, 3.63) is 152 Å². The third-order valence-corrected chi connectivity index (χ3v) is 7.97. The molecule has 192 valence electrons. The van der Waals surface area contributed by atoms with Gasteiger partial charge in [-0.1, -0.05) is 84.9 Å². The summed E-state index contributed by atoms with van der Waals surface area (Å²) in [5.41, 5.74) is 6.73. The van der Waals surface area contributed by atoms with E-state index in [-0.39, 0.29) is 0 Å². The zero-order chi connectivity index (χ0) is 27.2. The number of para-hydroxylation sites is 1. The summed E-state index contributed by atoms with van der Waals surface area (Å²) in [5.74, 6) is 0. The number of hydrogen-bond acceptors (Lipinski definition) is 3. The first kappa shape index (κ1) is 23.4. The topological polar surface area (TPSA) is 29.0 Å². The van der Waals surface area contributed by atoms with Gasteiger partial charge in [-0.15, -0.1) is 0 Å². The third-order valence-electron chi connectivity index (χ3n) is 7.97. The van der Waals surface area contributed by atoms with Crippen LogP contribution in [0.25, 0.3) is 54.3 Å². The minimum Gasteiger partial charge on any atom is -0.310 e. The molecule has 6 aromatic carbocycles. The number of pyridine rings is 2. The van der Waals surface area contributed by atoms with Crippen LogP contribution in [0.2, 0.25) is 0 Å². The van der Waals surface area contributed by atoms with Crippen LogP contribution in [0.3, 0.4) is 0 Å². The summed E-state index contributed by atoms with van der Waals surface area (Å²) >= 11 is 0. The Morgan fingerprint density at radius 2 is 1.02 bits per heavy atom. The Bertz CT molecular complexity index is 2150. The van der Waals surface area contributed by atoms with Crippen LogP contribution < -0.4 is 4.90 Å². The maximum absolute atomic E-state index is 4.81. The second-order valence-electron chi connectivity index (χ2n) is 10.3. The van der Waals surface area contributed by atoms with Crippen molar-refractivity contribution in [3.8, 4) is 11.1 Å². The lowest BCUT2D eigenvalue weighted by Gasteiger charge is -2.25. The van der Waals surface area contributed by atoms with Crippen LogP contribution in [-0.4, -0.2) is 9.97 Å². The normalized spacial score (nSPS) is 11.4. The molecule has 0 bridgehead atoms. The number of hydrogen-bond donors (Lipinski definition) is 0. The molecule has 0 spiro atoms. The van der Waals surface area contributed by atoms with Crippen LogP contribution >= 0.6 is 0 Å². The third kappa shape index (κ3) is 3.82. The molecule has 0 aliphatic heterocycles. The van der Waals surface area contributed by atoms with Crippen molar-refractivity contribution >= 4 is 60.3 Å². The number of rotatable bonds is 4. The number of anilines is 3. The zero-order valence-electron chi connectivity index (χ0n) is 22.3. The molecule has 0 fully saturated rings. The van der Waals surface area contributed by atoms with Gasteiger partial charge in [0.15, 0.2) is 0 Å². The first-order valence-corrected chi connectivity index (χ1v) is 13.8. The van der Waals surface area contributed by atoms with Crippen LogP contribution in [0.1, 0.15) is 0 Å². The van der Waals surface area contributed by atoms with Crippen LogP contribution in [0.5, 0.6) is 0 Å². The molecule has 3 nitrogen and oxygen atoms in total. The molecule has 0 amide bonds. The number of aromatic nitrogens is 2. The summed E-state index contributed by atoms with van der Waals surface area (Å²) in [7, 11) is 0. The van der Waals surface area contributed by atoms with Crippen molar-refractivity contribution in [1.29, 1.82) is 0 Å². The van der Waals surface area contributed by atoms with Crippen molar-refractivity contribution in [2.24, 2.45) is 0 Å². The highest BCUT2D eigenvalue weighted by atomic mass is 15.1. The number of fused-ring (bicyclic) bond motifs is 8. The molecule has 41 heavy (non-hydrogen) atoms. The standard InChI is InChI=1S/C38H25N3/c1-2-9-27(10-3-1)41(29-20-23-39-24-21-29)28-18-16-26(17-19-28)35-25-36-31-12-5-7-14-33(31)38-34(15-8-22-40-38)37(36)32-13-6-4-11-30(32)35/h1-25H. The van der Waals surface area contributed by atoms with Crippen LogP contribution in [0.4, 0.5) is 17.1 Å². The number of nitrogens with zero attached hydrogens (tertiary/aromatic N) is 3. The molecule has 8 aromatic rings. The van der Waals surface area contributed by atoms with E-state index in [9.17, 15) is 0 Å². The van der Waals surface area contributed by atoms with E-state index in [0.717, 1.165) is 22.6 Å². The molecule has 0 saturated carbocycles. The van der Waals surface area contributed by atoms with Gasteiger partial charge >= 0.3 is 0 Å². The van der Waals surface area contributed by atoms with Crippen molar-refractivity contribution in [2.75, 3.05) is 4.90 Å². The van der Waals surface area contributed by atoms with Crippen molar-refractivity contribution in [3.63, 3.8) is 0 Å². The molecule has 0 radical (unpaired) electrons. The fourth-order valence-electron chi connectivity index (χ4n) is 6.17. The zero-order valence-corrected chi connectivity index (χ0v) is 22.3. The molecule has 2 aromatic heterocycles. The van der Waals surface area contributed by atoms with Gasteiger partial charge in [0.1, 0.15) is 0 Å². The first-order valence-electron chi connectivity index (χ1n) is 13.8. The first-order chi connectivity index (χ1) is 20.4. The van der Waals surface area contributed by atoms with Crippen LogP contribution in [0.15, 0.2) is 152 Å². The molecule has 0 unspecified atom stereocenters. The minimum atomic E-state index is 1.05. The van der Waals surface area contributed by atoms with E-state index in [0.29, 0.717) is 0 Å². The van der Waals surface area contributed by atoms with E-state index in [1.54, 1.807) is 0 Å². The van der Waals surface area contributed by atoms with E-state index >= 15 is 0 Å². The Balaban J connectivity index is 1.36. The molecule has 0 aliphatic carbocycles. The summed E-state index contributed by atoms with van der Waals surface area (Å²) < 4.78 is 0. The number of benzene rings is 6. The Labute approximate surface area is 238 Å². The average molecular weight is 524 g/mol. The average Bonchev–Trinajstić information content (AvgIpc) is 3.06. The monoisotopic (exact) mass is 523 g/mol. The lowest BCUT2D eigenvalue weighted by molar-refractivity contribution is 1.24. The predicted octanol–water partition coefficient (Wildman–Crippen LogP) is 10.2. The van der Waals surface area contributed by atoms with Crippen LogP contribution in [0, 0.1) is 0 Å². The summed E-state index contributed by atoms with van der Waals surface area (Å²) in [6.07, 6.45) is 5.57. The lowest BCUT2D eigenvalue weighted by atomic mass is 9.88. The summed E-state index contributed by atoms with van der Waals surface area (Å²) in [5, 5.41) is 8.60. The summed E-state index contributed by atoms with van der Waals surface area (Å²) in [4.78, 5) is 11.3. The Morgan fingerprint density at radius 1 is 0.415 bits per heavy atom. The van der Waals surface area contributed by atoms with Crippen molar-refractivity contribution in [2.45, 2.75) is 0 Å². The molecular formula is C38H25N3. The van der Waals surface area contributed by atoms with Crippen molar-refractivity contribution < 1.29 is 0 Å². The SMILES string of the molecule is c1ccc(N(c2ccncc2)c2ccc(-c3cc4c5ccccc5c5ncccc5c4c4ccccc34)cc2)cc1. The smallest absolute Gasteiger partial charge is 0.0786 e. The van der Waals surface area contributed by atoms with E-state index in [1.165, 1.54) is 48.8 Å². The fourth-order valence-corrected chi connectivity index (χ4v) is 6.17. The largest absolute Gasteiger partial charge is 0.310 e. The van der Waals surface area contributed by atoms with Gasteiger partial charge in [0, 0.05) is 46.4 Å². The molecule has 8 rings (SSSR count). The summed E-state index contributed by atoms with van der Waals surface area (Å²) in [6, 6.07) is 47.5. The molecule has 0 aliphatic rings. The molecular weight excluding hydrogens is 498 g/mol. The summed E-state index contributed by atoms with van der Waals surface area (Å²) in [6.45, 7) is 0. The van der Waals surface area contributed by atoms with E-state index in [1.807, 2.05) is 42.9 Å². The highest BCUT2D eigenvalue weighted by Crippen LogP contribution is 2.43. The second kappa shape index (κ2) is 9.58.